The summed E-state index contributed by atoms with van der Waals surface area (Å²) in [4.78, 5) is 12.6. The first-order chi connectivity index (χ1) is 17.0. The molecule has 0 spiro atoms. The Hall–Kier alpha value is -2.73. The highest BCUT2D eigenvalue weighted by atomic mass is 35.5. The van der Waals surface area contributed by atoms with Crippen molar-refractivity contribution in [3.8, 4) is 0 Å². The summed E-state index contributed by atoms with van der Waals surface area (Å²) in [5.74, 6) is -0.895. The number of amides is 1. The van der Waals surface area contributed by atoms with Crippen molar-refractivity contribution in [3.05, 3.63) is 85.1 Å². The van der Waals surface area contributed by atoms with E-state index in [1.165, 1.54) is 23.0 Å². The first-order valence-electron chi connectivity index (χ1n) is 9.92. The highest BCUT2D eigenvalue weighted by Crippen LogP contribution is 2.35. The quantitative estimate of drug-likeness (QED) is 0.217. The Kier molecular flexibility index (Phi) is 7.84. The molecule has 4 rings (SSSR count). The van der Waals surface area contributed by atoms with Crippen molar-refractivity contribution >= 4 is 58.1 Å². The molecule has 1 aromatic carbocycles. The lowest BCUT2D eigenvalue weighted by molar-refractivity contribution is 0.0993. The van der Waals surface area contributed by atoms with Gasteiger partial charge in [0.25, 0.3) is 18.8 Å². The Bertz CT molecular complexity index is 1420. The SMILES string of the molecule is O=C(Nc1nn(Cc2ccc(Cl)c(Cl)c2)cc1Cl)c1ccc(Cn2nc(C(F)F)c(Cl)c2C(F)F)o1. The maximum Gasteiger partial charge on any atom is 0.292 e. The van der Waals surface area contributed by atoms with Crippen molar-refractivity contribution in [3.63, 3.8) is 0 Å². The lowest BCUT2D eigenvalue weighted by atomic mass is 10.2. The molecule has 15 heteroatoms. The third-order valence-corrected chi connectivity index (χ3v) is 6.24. The van der Waals surface area contributed by atoms with Crippen LogP contribution in [0.4, 0.5) is 23.4 Å². The number of furan rings is 1. The molecule has 0 saturated heterocycles. The average Bonchev–Trinajstić information content (AvgIpc) is 3.49. The smallest absolute Gasteiger partial charge is 0.292 e. The number of rotatable bonds is 8. The van der Waals surface area contributed by atoms with E-state index in [-0.39, 0.29) is 28.9 Å². The minimum Gasteiger partial charge on any atom is -0.454 e. The van der Waals surface area contributed by atoms with Gasteiger partial charge in [-0.05, 0) is 29.8 Å². The number of hydrogen-bond donors (Lipinski definition) is 1. The Balaban J connectivity index is 1.47. The molecule has 7 nitrogen and oxygen atoms in total. The van der Waals surface area contributed by atoms with Crippen LogP contribution in [0.3, 0.4) is 0 Å². The molecule has 4 aromatic rings. The van der Waals surface area contributed by atoms with Gasteiger partial charge in [0.2, 0.25) is 0 Å². The van der Waals surface area contributed by atoms with Gasteiger partial charge in [-0.3, -0.25) is 14.2 Å². The predicted octanol–water partition coefficient (Wildman–Crippen LogP) is 7.51. The summed E-state index contributed by atoms with van der Waals surface area (Å²) < 4.78 is 60.2. The van der Waals surface area contributed by atoms with Crippen LogP contribution >= 0.6 is 46.4 Å². The summed E-state index contributed by atoms with van der Waals surface area (Å²) in [5.41, 5.74) is -1.06. The third kappa shape index (κ3) is 5.64. The first-order valence-corrected chi connectivity index (χ1v) is 11.4. The van der Waals surface area contributed by atoms with Crippen LogP contribution in [0.15, 0.2) is 40.9 Å². The Labute approximate surface area is 220 Å². The monoisotopic (exact) mass is 583 g/mol. The van der Waals surface area contributed by atoms with E-state index in [0.717, 1.165) is 5.56 Å². The van der Waals surface area contributed by atoms with Crippen molar-refractivity contribution in [1.82, 2.24) is 19.6 Å². The third-order valence-electron chi connectivity index (χ3n) is 4.84. The van der Waals surface area contributed by atoms with Crippen molar-refractivity contribution in [1.29, 1.82) is 0 Å². The summed E-state index contributed by atoms with van der Waals surface area (Å²) in [5, 5.41) is 10.2. The van der Waals surface area contributed by atoms with E-state index < -0.39 is 41.7 Å². The zero-order valence-electron chi connectivity index (χ0n) is 17.7. The van der Waals surface area contributed by atoms with E-state index in [1.807, 2.05) is 0 Å². The predicted molar refractivity (Wildman–Crippen MR) is 126 cm³/mol. The second-order valence-corrected chi connectivity index (χ2v) is 8.93. The molecule has 3 aromatic heterocycles. The molecule has 0 radical (unpaired) electrons. The number of anilines is 1. The summed E-state index contributed by atoms with van der Waals surface area (Å²) in [6.07, 6.45) is -4.81. The van der Waals surface area contributed by atoms with Crippen LogP contribution in [-0.4, -0.2) is 25.5 Å². The van der Waals surface area contributed by atoms with Gasteiger partial charge in [-0.15, -0.1) is 0 Å². The Morgan fingerprint density at radius 1 is 0.944 bits per heavy atom. The van der Waals surface area contributed by atoms with Crippen LogP contribution in [0, 0.1) is 0 Å². The normalized spacial score (nSPS) is 11.6. The van der Waals surface area contributed by atoms with Crippen LogP contribution in [0.5, 0.6) is 0 Å². The van der Waals surface area contributed by atoms with Crippen LogP contribution in [0.1, 0.15) is 46.1 Å². The fourth-order valence-electron chi connectivity index (χ4n) is 3.23. The van der Waals surface area contributed by atoms with Crippen LogP contribution < -0.4 is 5.32 Å². The fraction of sp³-hybridized carbons (Fsp3) is 0.190. The van der Waals surface area contributed by atoms with Gasteiger partial charge in [0.15, 0.2) is 11.6 Å². The number of nitrogens with zero attached hydrogens (tertiary/aromatic N) is 4. The van der Waals surface area contributed by atoms with Gasteiger partial charge in [0, 0.05) is 6.20 Å². The number of hydrogen-bond acceptors (Lipinski definition) is 4. The summed E-state index contributed by atoms with van der Waals surface area (Å²) >= 11 is 23.7. The molecule has 190 valence electrons. The van der Waals surface area contributed by atoms with Crippen molar-refractivity contribution < 1.29 is 26.8 Å². The van der Waals surface area contributed by atoms with Gasteiger partial charge in [0.1, 0.15) is 22.2 Å². The standard InChI is InChI=1S/C21H13Cl4F4N5O2/c22-11-3-1-9(5-12(11)23)6-33-8-13(24)20(32-33)30-21(35)14-4-2-10(36-14)7-34-17(19(28)29)15(25)16(31-34)18(26)27/h1-5,8,18-19H,6-7H2,(H,30,32,35). The van der Waals surface area contributed by atoms with E-state index >= 15 is 0 Å². The van der Waals surface area contributed by atoms with Crippen LogP contribution in [-0.2, 0) is 13.1 Å². The molecule has 0 fully saturated rings. The molecule has 3 heterocycles. The van der Waals surface area contributed by atoms with E-state index in [2.05, 4.69) is 15.5 Å². The van der Waals surface area contributed by atoms with Crippen LogP contribution in [0.25, 0.3) is 0 Å². The maximum atomic E-state index is 13.3. The van der Waals surface area contributed by atoms with Gasteiger partial charge in [-0.2, -0.15) is 10.2 Å². The highest BCUT2D eigenvalue weighted by Gasteiger charge is 2.28. The van der Waals surface area contributed by atoms with Gasteiger partial charge in [-0.25, -0.2) is 17.6 Å². The number of halogens is 8. The first kappa shape index (κ1) is 26.3. The second kappa shape index (κ2) is 10.7. The van der Waals surface area contributed by atoms with Crippen molar-refractivity contribution in [2.75, 3.05) is 5.32 Å². The van der Waals surface area contributed by atoms with Crippen molar-refractivity contribution in [2.45, 2.75) is 25.9 Å². The molecular formula is C21H13Cl4F4N5O2. The average molecular weight is 585 g/mol. The second-order valence-electron chi connectivity index (χ2n) is 7.34. The molecule has 0 aliphatic carbocycles. The largest absolute Gasteiger partial charge is 0.454 e. The lowest BCUT2D eigenvalue weighted by Gasteiger charge is -2.05. The van der Waals surface area contributed by atoms with Gasteiger partial charge >= 0.3 is 0 Å². The fourth-order valence-corrected chi connectivity index (χ4v) is 4.05. The molecule has 1 amide bonds. The van der Waals surface area contributed by atoms with E-state index in [9.17, 15) is 22.4 Å². The molecule has 0 bridgehead atoms. The number of carbonyl (C=O) groups is 1. The Morgan fingerprint density at radius 3 is 2.36 bits per heavy atom. The molecule has 0 aliphatic rings. The van der Waals surface area contributed by atoms with Gasteiger partial charge in [-0.1, -0.05) is 52.5 Å². The topological polar surface area (TPSA) is 77.9 Å². The maximum absolute atomic E-state index is 13.3. The van der Waals surface area contributed by atoms with Crippen molar-refractivity contribution in [2.24, 2.45) is 0 Å². The van der Waals surface area contributed by atoms with Crippen LogP contribution in [0.2, 0.25) is 20.1 Å². The molecule has 1 N–H and O–H groups in total. The number of nitrogens with one attached hydrogen (secondary N) is 1. The van der Waals surface area contributed by atoms with E-state index in [0.29, 0.717) is 14.7 Å². The molecule has 0 saturated carbocycles. The summed E-state index contributed by atoms with van der Waals surface area (Å²) in [6, 6.07) is 7.64. The molecule has 0 atom stereocenters. The molecule has 0 unspecified atom stereocenters. The minimum absolute atomic E-state index is 0.00160. The number of benzene rings is 1. The van der Waals surface area contributed by atoms with Gasteiger partial charge < -0.3 is 9.73 Å². The summed E-state index contributed by atoms with van der Waals surface area (Å²) in [6.45, 7) is -0.171. The number of alkyl halides is 4. The molecule has 0 aliphatic heterocycles. The summed E-state index contributed by atoms with van der Waals surface area (Å²) in [7, 11) is 0. The molecule has 36 heavy (non-hydrogen) atoms. The van der Waals surface area contributed by atoms with E-state index in [4.69, 9.17) is 50.8 Å². The Morgan fingerprint density at radius 2 is 1.69 bits per heavy atom. The number of aromatic nitrogens is 4. The van der Waals surface area contributed by atoms with E-state index in [1.54, 1.807) is 18.2 Å². The van der Waals surface area contributed by atoms with Gasteiger partial charge in [0.05, 0.1) is 28.2 Å². The zero-order valence-corrected chi connectivity index (χ0v) is 20.7. The minimum atomic E-state index is -3.16. The zero-order chi connectivity index (χ0) is 26.1. The number of carbonyl (C=O) groups excluding carboxylic acids is 1. The highest BCUT2D eigenvalue weighted by molar-refractivity contribution is 6.42. The molecular weight excluding hydrogens is 572 g/mol. The lowest BCUT2D eigenvalue weighted by Crippen LogP contribution is -2.12.